The topological polar surface area (TPSA) is 45.8 Å². The summed E-state index contributed by atoms with van der Waals surface area (Å²) >= 11 is 0. The molecule has 0 atom stereocenters. The third kappa shape index (κ3) is 2.67. The summed E-state index contributed by atoms with van der Waals surface area (Å²) in [7, 11) is 0. The highest BCUT2D eigenvalue weighted by molar-refractivity contribution is 5.83. The Morgan fingerprint density at radius 1 is 0.955 bits per heavy atom. The molecule has 1 N–H and O–H groups in total. The van der Waals surface area contributed by atoms with Crippen molar-refractivity contribution in [2.45, 2.75) is 33.1 Å². The normalized spacial score (nSPS) is 11.8. The molecule has 3 rings (SSSR count). The van der Waals surface area contributed by atoms with Crippen molar-refractivity contribution in [2.75, 3.05) is 0 Å². The quantitative estimate of drug-likeness (QED) is 0.730. The number of aryl methyl sites for hydroxylation is 1. The van der Waals surface area contributed by atoms with Crippen LogP contribution in [0.3, 0.4) is 0 Å². The van der Waals surface area contributed by atoms with Crippen molar-refractivity contribution in [1.29, 1.82) is 0 Å². The van der Waals surface area contributed by atoms with Gasteiger partial charge in [-0.15, -0.1) is 0 Å². The van der Waals surface area contributed by atoms with E-state index in [2.05, 4.69) is 55.0 Å². The Morgan fingerprint density at radius 3 is 2.23 bits per heavy atom. The lowest BCUT2D eigenvalue weighted by atomic mass is 9.86. The Bertz CT molecular complexity index is 884. The Kier molecular flexibility index (Phi) is 3.36. The molecule has 0 saturated carbocycles. The van der Waals surface area contributed by atoms with Crippen molar-refractivity contribution in [3.05, 3.63) is 64.2 Å². The smallest absolute Gasteiger partial charge is 0.258 e. The molecule has 0 spiro atoms. The third-order valence-corrected chi connectivity index (χ3v) is 3.91. The van der Waals surface area contributed by atoms with E-state index < -0.39 is 0 Å². The van der Waals surface area contributed by atoms with Crippen LogP contribution in [0.1, 0.15) is 32.2 Å². The van der Waals surface area contributed by atoms with Gasteiger partial charge in [-0.1, -0.05) is 51.1 Å². The van der Waals surface area contributed by atoms with Crippen LogP contribution < -0.4 is 5.56 Å². The van der Waals surface area contributed by atoms with Gasteiger partial charge in [0.25, 0.3) is 5.56 Å². The first kappa shape index (κ1) is 14.5. The summed E-state index contributed by atoms with van der Waals surface area (Å²) < 4.78 is 0. The van der Waals surface area contributed by atoms with Crippen LogP contribution in [0.5, 0.6) is 0 Å². The van der Waals surface area contributed by atoms with Gasteiger partial charge in [-0.3, -0.25) is 4.79 Å². The fourth-order valence-electron chi connectivity index (χ4n) is 2.60. The molecule has 0 aliphatic rings. The van der Waals surface area contributed by atoms with Crippen molar-refractivity contribution < 1.29 is 0 Å². The summed E-state index contributed by atoms with van der Waals surface area (Å²) in [6.07, 6.45) is 0. The predicted molar refractivity (Wildman–Crippen MR) is 91.2 cm³/mol. The predicted octanol–water partition coefficient (Wildman–Crippen LogP) is 4.20. The van der Waals surface area contributed by atoms with Gasteiger partial charge in [0.05, 0.1) is 10.9 Å². The largest absolute Gasteiger partial charge is 0.310 e. The number of hydrogen-bond acceptors (Lipinski definition) is 2. The van der Waals surface area contributed by atoms with E-state index in [-0.39, 0.29) is 11.0 Å². The zero-order valence-electron chi connectivity index (χ0n) is 13.4. The second-order valence-electron chi connectivity index (χ2n) is 6.71. The number of nitrogens with one attached hydrogen (secondary N) is 1. The van der Waals surface area contributed by atoms with E-state index in [0.29, 0.717) is 11.2 Å². The number of H-pyrrole nitrogens is 1. The van der Waals surface area contributed by atoms with E-state index in [9.17, 15) is 4.79 Å². The minimum atomic E-state index is -0.0874. The number of hydrogen-bond donors (Lipinski definition) is 1. The van der Waals surface area contributed by atoms with E-state index in [1.165, 1.54) is 5.56 Å². The van der Waals surface area contributed by atoms with Crippen LogP contribution in [-0.4, -0.2) is 9.97 Å². The minimum absolute atomic E-state index is 0.0874. The second kappa shape index (κ2) is 5.09. The summed E-state index contributed by atoms with van der Waals surface area (Å²) in [5.74, 6) is 0.639. The summed E-state index contributed by atoms with van der Waals surface area (Å²) in [5.41, 5.74) is 4.22. The molecule has 0 radical (unpaired) electrons. The van der Waals surface area contributed by atoms with Crippen LogP contribution in [-0.2, 0) is 5.41 Å². The highest BCUT2D eigenvalue weighted by Crippen LogP contribution is 2.27. The van der Waals surface area contributed by atoms with Crippen LogP contribution in [0.2, 0.25) is 0 Å². The van der Waals surface area contributed by atoms with Gasteiger partial charge in [0.1, 0.15) is 5.82 Å². The number of fused-ring (bicyclic) bond motifs is 1. The maximum Gasteiger partial charge on any atom is 0.258 e. The van der Waals surface area contributed by atoms with Gasteiger partial charge in [0.15, 0.2) is 0 Å². The van der Waals surface area contributed by atoms with Crippen LogP contribution in [0, 0.1) is 6.92 Å². The first-order valence-corrected chi connectivity index (χ1v) is 7.46. The Hall–Kier alpha value is -2.42. The van der Waals surface area contributed by atoms with E-state index in [4.69, 9.17) is 0 Å². The van der Waals surface area contributed by atoms with Gasteiger partial charge >= 0.3 is 0 Å². The van der Waals surface area contributed by atoms with Crippen molar-refractivity contribution in [3.63, 3.8) is 0 Å². The zero-order chi connectivity index (χ0) is 15.9. The van der Waals surface area contributed by atoms with Crippen molar-refractivity contribution in [1.82, 2.24) is 9.97 Å². The average molecular weight is 292 g/mol. The molecule has 0 amide bonds. The molecule has 0 saturated heterocycles. The molecule has 3 heteroatoms. The molecule has 0 unspecified atom stereocenters. The van der Waals surface area contributed by atoms with Gasteiger partial charge in [0.2, 0.25) is 0 Å². The van der Waals surface area contributed by atoms with Crippen LogP contribution in [0.4, 0.5) is 0 Å². The lowest BCUT2D eigenvalue weighted by Crippen LogP contribution is -2.10. The summed E-state index contributed by atoms with van der Waals surface area (Å²) in [6.45, 7) is 8.39. The zero-order valence-corrected chi connectivity index (χ0v) is 13.4. The van der Waals surface area contributed by atoms with Crippen molar-refractivity contribution in [3.8, 4) is 11.1 Å². The van der Waals surface area contributed by atoms with E-state index >= 15 is 0 Å². The number of aromatic amines is 1. The lowest BCUT2D eigenvalue weighted by Gasteiger charge is -2.19. The van der Waals surface area contributed by atoms with E-state index in [0.717, 1.165) is 16.6 Å². The molecule has 0 bridgehead atoms. The van der Waals surface area contributed by atoms with Crippen molar-refractivity contribution in [2.24, 2.45) is 0 Å². The lowest BCUT2D eigenvalue weighted by molar-refractivity contribution is 0.590. The maximum atomic E-state index is 12.1. The summed E-state index contributed by atoms with van der Waals surface area (Å²) in [6, 6.07) is 14.3. The molecular formula is C19H20N2O. The number of rotatable bonds is 1. The van der Waals surface area contributed by atoms with Gasteiger partial charge in [-0.05, 0) is 41.2 Å². The Morgan fingerprint density at radius 2 is 1.59 bits per heavy atom. The molecule has 3 nitrogen and oxygen atoms in total. The first-order valence-electron chi connectivity index (χ1n) is 7.46. The molecule has 1 heterocycles. The average Bonchev–Trinajstić information content (AvgIpc) is 2.46. The van der Waals surface area contributed by atoms with Crippen LogP contribution in [0.25, 0.3) is 22.0 Å². The molecule has 1 aromatic heterocycles. The van der Waals surface area contributed by atoms with Crippen LogP contribution in [0.15, 0.2) is 47.3 Å². The minimum Gasteiger partial charge on any atom is -0.310 e. The van der Waals surface area contributed by atoms with Gasteiger partial charge in [-0.25, -0.2) is 4.98 Å². The molecule has 2 aromatic carbocycles. The number of benzene rings is 2. The highest BCUT2D eigenvalue weighted by atomic mass is 16.1. The molecule has 0 aliphatic carbocycles. The Labute approximate surface area is 130 Å². The van der Waals surface area contributed by atoms with E-state index in [1.54, 1.807) is 6.92 Å². The third-order valence-electron chi connectivity index (χ3n) is 3.91. The number of nitrogens with zero attached hydrogens (tertiary/aromatic N) is 1. The molecule has 22 heavy (non-hydrogen) atoms. The molecule has 3 aromatic rings. The Balaban J connectivity index is 2.09. The fourth-order valence-corrected chi connectivity index (χ4v) is 2.60. The second-order valence-corrected chi connectivity index (χ2v) is 6.71. The standard InChI is InChI=1S/C19H20N2O/c1-12-20-17-10-7-14(11-16(17)18(22)21-12)13-5-8-15(9-6-13)19(2,3)4/h5-11H,1-4H3,(H,20,21,22). The molecular weight excluding hydrogens is 272 g/mol. The molecule has 0 aliphatic heterocycles. The monoisotopic (exact) mass is 292 g/mol. The van der Waals surface area contributed by atoms with Gasteiger partial charge in [0, 0.05) is 0 Å². The SMILES string of the molecule is Cc1nc2ccc(-c3ccc(C(C)(C)C)cc3)cc2c(=O)[nH]1. The summed E-state index contributed by atoms with van der Waals surface area (Å²) in [5, 5.41) is 0.628. The highest BCUT2D eigenvalue weighted by Gasteiger charge is 2.13. The van der Waals surface area contributed by atoms with Crippen LogP contribution >= 0.6 is 0 Å². The molecule has 112 valence electrons. The van der Waals surface area contributed by atoms with E-state index in [1.807, 2.05) is 18.2 Å². The summed E-state index contributed by atoms with van der Waals surface area (Å²) in [4.78, 5) is 19.2. The first-order chi connectivity index (χ1) is 10.3. The van der Waals surface area contributed by atoms with Crippen molar-refractivity contribution >= 4 is 10.9 Å². The van der Waals surface area contributed by atoms with Gasteiger partial charge < -0.3 is 4.98 Å². The fraction of sp³-hybridized carbons (Fsp3) is 0.263. The molecule has 0 fully saturated rings. The maximum absolute atomic E-state index is 12.1. The van der Waals surface area contributed by atoms with Gasteiger partial charge in [-0.2, -0.15) is 0 Å². The number of aromatic nitrogens is 2.